The topological polar surface area (TPSA) is 19.9 Å². The summed E-state index contributed by atoms with van der Waals surface area (Å²) in [7, 11) is 0. The first-order valence-electron chi connectivity index (χ1n) is 8.47. The summed E-state index contributed by atoms with van der Waals surface area (Å²) in [4.78, 5) is 0. The minimum Gasteiger partial charge on any atom is -0.233 e. The molecule has 0 saturated carbocycles. The van der Waals surface area contributed by atoms with Crippen molar-refractivity contribution in [2.24, 2.45) is 0 Å². The fourth-order valence-electron chi connectivity index (χ4n) is 2.45. The van der Waals surface area contributed by atoms with Gasteiger partial charge in [0.25, 0.3) is 0 Å². The van der Waals surface area contributed by atoms with Crippen molar-refractivity contribution in [3.05, 3.63) is 0 Å². The second-order valence-electron chi connectivity index (χ2n) is 5.73. The van der Waals surface area contributed by atoms with Gasteiger partial charge in [-0.1, -0.05) is 90.9 Å². The van der Waals surface area contributed by atoms with Crippen molar-refractivity contribution in [1.29, 1.82) is 0 Å². The molecule has 0 rings (SSSR count). The van der Waals surface area contributed by atoms with E-state index in [0.717, 1.165) is 25.7 Å². The van der Waals surface area contributed by atoms with Crippen LogP contribution in [0.3, 0.4) is 0 Å². The van der Waals surface area contributed by atoms with E-state index >= 15 is 0 Å². The van der Waals surface area contributed by atoms with Crippen LogP contribution in [0.25, 0.3) is 0 Å². The lowest BCUT2D eigenvalue weighted by molar-refractivity contribution is 0.0688. The lowest BCUT2D eigenvalue weighted by Gasteiger charge is -2.08. The Morgan fingerprint density at radius 1 is 0.556 bits per heavy atom. The molecule has 0 saturated heterocycles. The van der Waals surface area contributed by atoms with Gasteiger partial charge < -0.3 is 0 Å². The fraction of sp³-hybridized carbons (Fsp3) is 1.00. The molecule has 0 bridgehead atoms. The Bertz CT molecular complexity index is 145. The smallest absolute Gasteiger partial charge is 0.0930 e. The second-order valence-corrected chi connectivity index (χ2v) is 5.73. The zero-order chi connectivity index (χ0) is 13.5. The maximum atomic E-state index is 11.7. The van der Waals surface area contributed by atoms with Crippen LogP contribution in [0, 0.1) is 0 Å². The Kier molecular flexibility index (Phi) is 15.0. The summed E-state index contributed by atoms with van der Waals surface area (Å²) in [5, 5.41) is 11.7. The summed E-state index contributed by atoms with van der Waals surface area (Å²) < 4.78 is 0. The summed E-state index contributed by atoms with van der Waals surface area (Å²) in [5.41, 5.74) is 0. The third-order valence-electron chi connectivity index (χ3n) is 3.76. The molecule has 0 aromatic heterocycles. The molecule has 0 amide bonds. The molecule has 0 heterocycles. The molecular formula is C17H35O. The summed E-state index contributed by atoms with van der Waals surface area (Å²) in [6, 6.07) is 0. The lowest BCUT2D eigenvalue weighted by Crippen LogP contribution is -2.04. The number of hydrogen-bond acceptors (Lipinski definition) is 0. The third kappa shape index (κ3) is 14.0. The van der Waals surface area contributed by atoms with Crippen LogP contribution in [0.2, 0.25) is 0 Å². The molecule has 0 aromatic carbocycles. The molecule has 1 unspecified atom stereocenters. The van der Waals surface area contributed by atoms with Crippen LogP contribution in [0.5, 0.6) is 0 Å². The molecule has 0 aromatic rings. The highest BCUT2D eigenvalue weighted by Crippen LogP contribution is 2.14. The maximum absolute atomic E-state index is 11.7. The van der Waals surface area contributed by atoms with Crippen molar-refractivity contribution in [2.75, 3.05) is 0 Å². The first kappa shape index (κ1) is 18.0. The monoisotopic (exact) mass is 255 g/mol. The Balaban J connectivity index is 3.09. The SMILES string of the molecule is CCCCCCCCCC([O])CCCCCCC. The van der Waals surface area contributed by atoms with E-state index in [1.54, 1.807) is 0 Å². The summed E-state index contributed by atoms with van der Waals surface area (Å²) in [6.45, 7) is 4.49. The molecule has 0 fully saturated rings. The van der Waals surface area contributed by atoms with E-state index in [4.69, 9.17) is 0 Å². The van der Waals surface area contributed by atoms with E-state index in [-0.39, 0.29) is 6.10 Å². The zero-order valence-electron chi connectivity index (χ0n) is 12.9. The Morgan fingerprint density at radius 3 is 1.28 bits per heavy atom. The van der Waals surface area contributed by atoms with Crippen molar-refractivity contribution in [3.8, 4) is 0 Å². The van der Waals surface area contributed by atoms with Gasteiger partial charge in [-0.2, -0.15) is 0 Å². The quantitative estimate of drug-likeness (QED) is 0.325. The van der Waals surface area contributed by atoms with Crippen molar-refractivity contribution in [3.63, 3.8) is 0 Å². The predicted molar refractivity (Wildman–Crippen MR) is 80.5 cm³/mol. The van der Waals surface area contributed by atoms with E-state index in [1.165, 1.54) is 64.2 Å². The van der Waals surface area contributed by atoms with Crippen LogP contribution in [0.1, 0.15) is 104 Å². The highest BCUT2D eigenvalue weighted by atomic mass is 16.3. The van der Waals surface area contributed by atoms with Crippen LogP contribution in [-0.2, 0) is 5.11 Å². The maximum Gasteiger partial charge on any atom is 0.0930 e. The van der Waals surface area contributed by atoms with E-state index < -0.39 is 0 Å². The van der Waals surface area contributed by atoms with Crippen molar-refractivity contribution in [2.45, 2.75) is 110 Å². The molecule has 0 spiro atoms. The Labute approximate surface area is 115 Å². The number of unbranched alkanes of at least 4 members (excludes halogenated alkanes) is 10. The average molecular weight is 255 g/mol. The summed E-state index contributed by atoms with van der Waals surface area (Å²) in [5.74, 6) is 0. The molecule has 109 valence electrons. The van der Waals surface area contributed by atoms with Gasteiger partial charge in [0.05, 0.1) is 6.10 Å². The molecule has 0 aliphatic carbocycles. The number of hydrogen-bond donors (Lipinski definition) is 0. The van der Waals surface area contributed by atoms with Gasteiger partial charge >= 0.3 is 0 Å². The third-order valence-corrected chi connectivity index (χ3v) is 3.76. The molecular weight excluding hydrogens is 220 g/mol. The van der Waals surface area contributed by atoms with Gasteiger partial charge in [-0.15, -0.1) is 0 Å². The standard InChI is InChI=1S/C17H35O/c1-3-5-7-9-10-12-14-16-17(18)15-13-11-8-6-4-2/h17H,3-16H2,1-2H3. The fourth-order valence-corrected chi connectivity index (χ4v) is 2.45. The minimum atomic E-state index is -0.276. The molecule has 18 heavy (non-hydrogen) atoms. The molecule has 1 nitrogen and oxygen atoms in total. The zero-order valence-corrected chi connectivity index (χ0v) is 12.9. The normalized spacial score (nSPS) is 12.8. The molecule has 1 atom stereocenters. The van der Waals surface area contributed by atoms with Crippen LogP contribution in [0.15, 0.2) is 0 Å². The number of rotatable bonds is 14. The minimum absolute atomic E-state index is 0.276. The largest absolute Gasteiger partial charge is 0.233 e. The van der Waals surface area contributed by atoms with Gasteiger partial charge in [-0.05, 0) is 12.8 Å². The van der Waals surface area contributed by atoms with Gasteiger partial charge in [-0.3, -0.25) is 0 Å². The van der Waals surface area contributed by atoms with Gasteiger partial charge in [0.1, 0.15) is 0 Å². The van der Waals surface area contributed by atoms with Gasteiger partial charge in [0.15, 0.2) is 0 Å². The van der Waals surface area contributed by atoms with Gasteiger partial charge in [0.2, 0.25) is 0 Å². The van der Waals surface area contributed by atoms with Crippen molar-refractivity contribution in [1.82, 2.24) is 0 Å². The summed E-state index contributed by atoms with van der Waals surface area (Å²) in [6.07, 6.45) is 17.2. The molecule has 0 N–H and O–H groups in total. The van der Waals surface area contributed by atoms with Crippen LogP contribution >= 0.6 is 0 Å². The van der Waals surface area contributed by atoms with E-state index in [1.807, 2.05) is 0 Å². The molecule has 0 aliphatic rings. The predicted octanol–water partition coefficient (Wildman–Crippen LogP) is 6.29. The van der Waals surface area contributed by atoms with Crippen molar-refractivity contribution >= 4 is 0 Å². The molecule has 1 heteroatoms. The van der Waals surface area contributed by atoms with Crippen molar-refractivity contribution < 1.29 is 5.11 Å². The highest BCUT2D eigenvalue weighted by Gasteiger charge is 2.05. The van der Waals surface area contributed by atoms with Crippen LogP contribution < -0.4 is 0 Å². The van der Waals surface area contributed by atoms with Crippen LogP contribution in [0.4, 0.5) is 0 Å². The van der Waals surface area contributed by atoms with E-state index in [0.29, 0.717) is 0 Å². The van der Waals surface area contributed by atoms with Gasteiger partial charge in [-0.25, -0.2) is 5.11 Å². The first-order valence-corrected chi connectivity index (χ1v) is 8.47. The van der Waals surface area contributed by atoms with E-state index in [2.05, 4.69) is 13.8 Å². The average Bonchev–Trinajstić information content (AvgIpc) is 2.37. The first-order chi connectivity index (χ1) is 8.81. The van der Waals surface area contributed by atoms with Gasteiger partial charge in [0, 0.05) is 0 Å². The molecule has 0 aliphatic heterocycles. The summed E-state index contributed by atoms with van der Waals surface area (Å²) >= 11 is 0. The highest BCUT2D eigenvalue weighted by molar-refractivity contribution is 4.57. The van der Waals surface area contributed by atoms with E-state index in [9.17, 15) is 5.11 Å². The second kappa shape index (κ2) is 15.0. The molecule has 1 radical (unpaired) electrons. The Hall–Kier alpha value is -0.0400. The lowest BCUT2D eigenvalue weighted by atomic mass is 10.0. The Morgan fingerprint density at radius 2 is 0.889 bits per heavy atom. The van der Waals surface area contributed by atoms with Crippen LogP contribution in [-0.4, -0.2) is 6.10 Å².